The van der Waals surface area contributed by atoms with E-state index in [0.29, 0.717) is 24.5 Å². The van der Waals surface area contributed by atoms with Crippen molar-refractivity contribution in [3.63, 3.8) is 0 Å². The maximum Gasteiger partial charge on any atom is 0.415 e. The summed E-state index contributed by atoms with van der Waals surface area (Å²) < 4.78 is 8.83. The summed E-state index contributed by atoms with van der Waals surface area (Å²) in [5.74, 6) is 0.604. The molecule has 5 heterocycles. The summed E-state index contributed by atoms with van der Waals surface area (Å²) in [5, 5.41) is 26.0. The molecule has 11 heteroatoms. The number of aromatic nitrogens is 7. The molecule has 2 aliphatic heterocycles. The van der Waals surface area contributed by atoms with E-state index in [1.807, 2.05) is 24.3 Å². The predicted octanol–water partition coefficient (Wildman–Crippen LogP) is 2.10. The van der Waals surface area contributed by atoms with E-state index >= 15 is 0 Å². The number of aliphatic hydroxyl groups is 1. The van der Waals surface area contributed by atoms with E-state index in [4.69, 9.17) is 4.74 Å². The lowest BCUT2D eigenvalue weighted by Crippen LogP contribution is -2.35. The summed E-state index contributed by atoms with van der Waals surface area (Å²) in [6.07, 6.45) is 6.91. The molecule has 0 aliphatic carbocycles. The molecule has 0 saturated carbocycles. The number of carbonyl (C=O) groups excluding carboxylic acids is 1. The van der Waals surface area contributed by atoms with E-state index in [1.165, 1.54) is 4.68 Å². The lowest BCUT2D eigenvalue weighted by atomic mass is 10.0. The number of benzene rings is 1. The standard InChI is InChI=1S/C23H22N8O3/c1-23(2,33)20-13-30(28-26-20)21-6-4-15(11-24-21)14-3-5-17-16(9-14)10-18-19(34-22(32)31(17)18)12-29-8-7-25-27-29/h3-9,11,13,18-19,33H,10,12H2,1-2H3/t18?,19-/m0/s1. The van der Waals surface area contributed by atoms with Crippen LogP contribution in [0.25, 0.3) is 16.9 Å². The van der Waals surface area contributed by atoms with Crippen LogP contribution in [0.3, 0.4) is 0 Å². The molecule has 34 heavy (non-hydrogen) atoms. The Morgan fingerprint density at radius 3 is 2.74 bits per heavy atom. The van der Waals surface area contributed by atoms with Gasteiger partial charge in [-0.2, -0.15) is 0 Å². The molecular formula is C23H22N8O3. The monoisotopic (exact) mass is 458 g/mol. The number of hydrogen-bond donors (Lipinski definition) is 1. The topological polar surface area (TPSA) is 124 Å². The van der Waals surface area contributed by atoms with Crippen LogP contribution in [0, 0.1) is 0 Å². The fourth-order valence-electron chi connectivity index (χ4n) is 4.48. The Morgan fingerprint density at radius 2 is 2.03 bits per heavy atom. The van der Waals surface area contributed by atoms with Gasteiger partial charge in [-0.05, 0) is 55.7 Å². The van der Waals surface area contributed by atoms with Gasteiger partial charge in [0.05, 0.1) is 30.7 Å². The highest BCUT2D eigenvalue weighted by Gasteiger charge is 2.47. The Hall–Kier alpha value is -4.12. The van der Waals surface area contributed by atoms with Gasteiger partial charge in [-0.25, -0.2) is 19.1 Å². The molecule has 0 radical (unpaired) electrons. The average Bonchev–Trinajstić information content (AvgIpc) is 3.60. The van der Waals surface area contributed by atoms with E-state index in [9.17, 15) is 9.90 Å². The van der Waals surface area contributed by atoms with Crippen LogP contribution in [0.2, 0.25) is 0 Å². The van der Waals surface area contributed by atoms with Gasteiger partial charge in [0.2, 0.25) is 0 Å². The van der Waals surface area contributed by atoms with E-state index in [1.54, 1.807) is 48.2 Å². The molecule has 1 N–H and O–H groups in total. The first-order valence-corrected chi connectivity index (χ1v) is 11.0. The molecule has 6 rings (SSSR count). The van der Waals surface area contributed by atoms with Gasteiger partial charge >= 0.3 is 6.09 Å². The highest BCUT2D eigenvalue weighted by Crippen LogP contribution is 2.40. The van der Waals surface area contributed by atoms with Crippen molar-refractivity contribution < 1.29 is 14.6 Å². The van der Waals surface area contributed by atoms with Crippen LogP contribution in [0.5, 0.6) is 0 Å². The van der Waals surface area contributed by atoms with Crippen LogP contribution >= 0.6 is 0 Å². The van der Waals surface area contributed by atoms with Gasteiger partial charge in [0, 0.05) is 18.0 Å². The summed E-state index contributed by atoms with van der Waals surface area (Å²) in [6.45, 7) is 3.79. The second-order valence-electron chi connectivity index (χ2n) is 9.04. The Labute approximate surface area is 194 Å². The largest absolute Gasteiger partial charge is 0.442 e. The zero-order chi connectivity index (χ0) is 23.4. The third kappa shape index (κ3) is 3.41. The number of hydrogen-bond acceptors (Lipinski definition) is 8. The maximum absolute atomic E-state index is 12.6. The van der Waals surface area contributed by atoms with E-state index in [-0.39, 0.29) is 18.2 Å². The van der Waals surface area contributed by atoms with Crippen molar-refractivity contribution in [2.45, 2.75) is 44.6 Å². The van der Waals surface area contributed by atoms with Crippen molar-refractivity contribution in [3.8, 4) is 16.9 Å². The molecule has 1 saturated heterocycles. The van der Waals surface area contributed by atoms with Crippen LogP contribution in [0.15, 0.2) is 55.1 Å². The summed E-state index contributed by atoms with van der Waals surface area (Å²) >= 11 is 0. The zero-order valence-corrected chi connectivity index (χ0v) is 18.6. The summed E-state index contributed by atoms with van der Waals surface area (Å²) in [6, 6.07) is 9.80. The third-order valence-corrected chi connectivity index (χ3v) is 6.25. The number of carbonyl (C=O) groups is 1. The lowest BCUT2D eigenvalue weighted by molar-refractivity contribution is 0.0737. The van der Waals surface area contributed by atoms with Crippen LogP contribution < -0.4 is 4.90 Å². The minimum absolute atomic E-state index is 0.0697. The predicted molar refractivity (Wildman–Crippen MR) is 120 cm³/mol. The second kappa shape index (κ2) is 7.45. The molecule has 1 fully saturated rings. The lowest BCUT2D eigenvalue weighted by Gasteiger charge is -2.16. The molecule has 3 aromatic heterocycles. The van der Waals surface area contributed by atoms with Gasteiger partial charge in [-0.1, -0.05) is 16.5 Å². The van der Waals surface area contributed by atoms with Crippen LogP contribution in [-0.2, 0) is 23.3 Å². The third-order valence-electron chi connectivity index (χ3n) is 6.25. The molecule has 2 atom stereocenters. The minimum atomic E-state index is -1.07. The molecule has 4 aromatic rings. The average molecular weight is 458 g/mol. The van der Waals surface area contributed by atoms with E-state index in [0.717, 1.165) is 22.4 Å². The number of nitrogens with zero attached hydrogens (tertiary/aromatic N) is 8. The van der Waals surface area contributed by atoms with Crippen LogP contribution in [0.1, 0.15) is 25.1 Å². The van der Waals surface area contributed by atoms with Gasteiger partial charge < -0.3 is 9.84 Å². The van der Waals surface area contributed by atoms with Crippen molar-refractivity contribution in [3.05, 3.63) is 66.4 Å². The van der Waals surface area contributed by atoms with Crippen molar-refractivity contribution >= 4 is 11.8 Å². The van der Waals surface area contributed by atoms with Crippen LogP contribution in [0.4, 0.5) is 10.5 Å². The first kappa shape index (κ1) is 20.5. The SMILES string of the molecule is CC(C)(O)c1cn(-c2ccc(-c3ccc4c(c3)CC3[C@H](Cn5ccnn5)OC(=O)N43)cn2)nn1. The zero-order valence-electron chi connectivity index (χ0n) is 18.6. The molecule has 0 bridgehead atoms. The van der Waals surface area contributed by atoms with Gasteiger partial charge in [0.15, 0.2) is 5.82 Å². The number of anilines is 1. The number of cyclic esters (lactones) is 1. The Kier molecular flexibility index (Phi) is 4.49. The summed E-state index contributed by atoms with van der Waals surface area (Å²) in [4.78, 5) is 18.8. The number of fused-ring (bicyclic) bond motifs is 3. The first-order chi connectivity index (χ1) is 16.4. The summed E-state index contributed by atoms with van der Waals surface area (Å²) in [5.41, 5.74) is 3.33. The number of rotatable bonds is 5. The van der Waals surface area contributed by atoms with Gasteiger partial charge in [-0.3, -0.25) is 4.90 Å². The molecule has 1 unspecified atom stereocenters. The van der Waals surface area contributed by atoms with E-state index in [2.05, 4.69) is 31.7 Å². The molecule has 11 nitrogen and oxygen atoms in total. The second-order valence-corrected chi connectivity index (χ2v) is 9.04. The highest BCUT2D eigenvalue weighted by molar-refractivity contribution is 5.94. The molecule has 1 aromatic carbocycles. The van der Waals surface area contributed by atoms with Crippen molar-refractivity contribution in [2.24, 2.45) is 0 Å². The number of ether oxygens (including phenoxy) is 1. The summed E-state index contributed by atoms with van der Waals surface area (Å²) in [7, 11) is 0. The number of pyridine rings is 1. The normalized spacial score (nSPS) is 19.3. The first-order valence-electron chi connectivity index (χ1n) is 11.0. The van der Waals surface area contributed by atoms with Crippen molar-refractivity contribution in [1.29, 1.82) is 0 Å². The molecule has 172 valence electrons. The molecular weight excluding hydrogens is 436 g/mol. The van der Waals surface area contributed by atoms with Gasteiger partial charge in [-0.15, -0.1) is 10.2 Å². The Bertz CT molecular complexity index is 1360. The molecule has 1 amide bonds. The van der Waals surface area contributed by atoms with Crippen molar-refractivity contribution in [1.82, 2.24) is 35.0 Å². The fourth-order valence-corrected chi connectivity index (χ4v) is 4.48. The minimum Gasteiger partial charge on any atom is -0.442 e. The smallest absolute Gasteiger partial charge is 0.415 e. The molecule has 0 spiro atoms. The quantitative estimate of drug-likeness (QED) is 0.482. The Balaban J connectivity index is 1.23. The highest BCUT2D eigenvalue weighted by atomic mass is 16.6. The van der Waals surface area contributed by atoms with Gasteiger partial charge in [0.1, 0.15) is 17.4 Å². The fraction of sp³-hybridized carbons (Fsp3) is 0.304. The van der Waals surface area contributed by atoms with Gasteiger partial charge in [0.25, 0.3) is 0 Å². The maximum atomic E-state index is 12.6. The molecule has 2 aliphatic rings. The number of amides is 1. The van der Waals surface area contributed by atoms with Crippen LogP contribution in [-0.4, -0.2) is 58.3 Å². The Morgan fingerprint density at radius 1 is 1.18 bits per heavy atom. The van der Waals surface area contributed by atoms with E-state index < -0.39 is 5.60 Å². The van der Waals surface area contributed by atoms with Crippen molar-refractivity contribution in [2.75, 3.05) is 4.90 Å².